The van der Waals surface area contributed by atoms with E-state index in [2.05, 4.69) is 27.4 Å². The van der Waals surface area contributed by atoms with Crippen molar-refractivity contribution in [2.75, 3.05) is 6.61 Å². The smallest absolute Gasteiger partial charge is 0.195 e. The van der Waals surface area contributed by atoms with Gasteiger partial charge in [0.15, 0.2) is 8.32 Å². The summed E-state index contributed by atoms with van der Waals surface area (Å²) in [6.07, 6.45) is 2.01. The first-order valence-corrected chi connectivity index (χ1v) is 7.02. The topological polar surface area (TPSA) is 9.23 Å². The molecule has 0 aromatic rings. The average molecular weight is 172 g/mol. The highest BCUT2D eigenvalue weighted by Crippen LogP contribution is 2.21. The van der Waals surface area contributed by atoms with Crippen LogP contribution >= 0.6 is 0 Å². The molecule has 0 aromatic carbocycles. The van der Waals surface area contributed by atoms with Gasteiger partial charge in [-0.05, 0) is 25.1 Å². The van der Waals surface area contributed by atoms with E-state index >= 15 is 0 Å². The molecule has 0 fully saturated rings. The van der Waals surface area contributed by atoms with Crippen molar-refractivity contribution in [3.63, 3.8) is 0 Å². The van der Waals surface area contributed by atoms with Crippen molar-refractivity contribution in [2.24, 2.45) is 0 Å². The van der Waals surface area contributed by atoms with E-state index in [4.69, 9.17) is 4.43 Å². The Morgan fingerprint density at radius 2 is 1.82 bits per heavy atom. The van der Waals surface area contributed by atoms with Crippen LogP contribution in [0.25, 0.3) is 0 Å². The fourth-order valence-corrected chi connectivity index (χ4v) is 4.11. The van der Waals surface area contributed by atoms with Crippen molar-refractivity contribution in [3.8, 4) is 0 Å². The molecule has 11 heavy (non-hydrogen) atoms. The highest BCUT2D eigenvalue weighted by molar-refractivity contribution is 6.74. The van der Waals surface area contributed by atoms with Crippen molar-refractivity contribution in [1.29, 1.82) is 0 Å². The van der Waals surface area contributed by atoms with E-state index < -0.39 is 8.32 Å². The molecule has 0 saturated carbocycles. The summed E-state index contributed by atoms with van der Waals surface area (Å²) in [6.45, 7) is 11.2. The lowest BCUT2D eigenvalue weighted by atomic mass is 10.8. The standard InChI is InChI=1S/C9H20OSi/c1-5-9-11(7-3,8-4)10-6-2/h5H,1,6-9H2,2-4H3. The average Bonchev–Trinajstić information content (AvgIpc) is 2.04. The molecule has 0 unspecified atom stereocenters. The molecule has 0 aliphatic carbocycles. The molecule has 0 spiro atoms. The third-order valence-corrected chi connectivity index (χ3v) is 6.77. The normalized spacial score (nSPS) is 11.5. The zero-order valence-electron chi connectivity index (χ0n) is 8.02. The lowest BCUT2D eigenvalue weighted by Gasteiger charge is -2.27. The van der Waals surface area contributed by atoms with E-state index in [0.29, 0.717) is 0 Å². The second kappa shape index (κ2) is 5.55. The fourth-order valence-electron chi connectivity index (χ4n) is 1.37. The molecule has 0 radical (unpaired) electrons. The Morgan fingerprint density at radius 3 is 2.09 bits per heavy atom. The molecule has 0 aromatic heterocycles. The molecule has 66 valence electrons. The molecule has 0 atom stereocenters. The predicted octanol–water partition coefficient (Wildman–Crippen LogP) is 3.19. The minimum atomic E-state index is -1.36. The van der Waals surface area contributed by atoms with Crippen LogP contribution in [-0.4, -0.2) is 14.9 Å². The third kappa shape index (κ3) is 3.21. The molecule has 0 aliphatic rings. The van der Waals surface area contributed by atoms with Crippen LogP contribution in [0.2, 0.25) is 18.1 Å². The van der Waals surface area contributed by atoms with E-state index in [9.17, 15) is 0 Å². The number of rotatable bonds is 6. The molecule has 0 amide bonds. The van der Waals surface area contributed by atoms with Gasteiger partial charge in [0, 0.05) is 6.61 Å². The van der Waals surface area contributed by atoms with Crippen LogP contribution < -0.4 is 0 Å². The van der Waals surface area contributed by atoms with Gasteiger partial charge in [-0.1, -0.05) is 19.9 Å². The van der Waals surface area contributed by atoms with Crippen molar-refractivity contribution in [3.05, 3.63) is 12.7 Å². The summed E-state index contributed by atoms with van der Waals surface area (Å²) in [5, 5.41) is 0. The minimum absolute atomic E-state index is 0.863. The van der Waals surface area contributed by atoms with E-state index in [1.165, 1.54) is 12.1 Å². The first-order valence-electron chi connectivity index (χ1n) is 4.49. The second-order valence-electron chi connectivity index (χ2n) is 2.82. The Hall–Kier alpha value is -0.0831. The SMILES string of the molecule is C=CC[Si](CC)(CC)OCC. The van der Waals surface area contributed by atoms with Crippen LogP contribution in [-0.2, 0) is 4.43 Å². The van der Waals surface area contributed by atoms with Crippen LogP contribution in [0.15, 0.2) is 12.7 Å². The molecule has 2 heteroatoms. The number of hydrogen-bond acceptors (Lipinski definition) is 1. The van der Waals surface area contributed by atoms with Crippen LogP contribution in [0.4, 0.5) is 0 Å². The van der Waals surface area contributed by atoms with Gasteiger partial charge in [0.1, 0.15) is 0 Å². The summed E-state index contributed by atoms with van der Waals surface area (Å²) in [4.78, 5) is 0. The van der Waals surface area contributed by atoms with Gasteiger partial charge in [-0.15, -0.1) is 6.58 Å². The first kappa shape index (κ1) is 10.9. The fraction of sp³-hybridized carbons (Fsp3) is 0.778. The zero-order valence-corrected chi connectivity index (χ0v) is 9.02. The molecule has 0 saturated heterocycles. The molecule has 0 N–H and O–H groups in total. The summed E-state index contributed by atoms with van der Waals surface area (Å²) in [7, 11) is -1.36. The molecule has 0 rings (SSSR count). The Balaban J connectivity index is 4.06. The molecular weight excluding hydrogens is 152 g/mol. The lowest BCUT2D eigenvalue weighted by molar-refractivity contribution is 0.322. The van der Waals surface area contributed by atoms with E-state index in [-0.39, 0.29) is 0 Å². The van der Waals surface area contributed by atoms with Gasteiger partial charge in [-0.3, -0.25) is 0 Å². The number of hydrogen-bond donors (Lipinski definition) is 0. The Labute approximate surface area is 71.6 Å². The van der Waals surface area contributed by atoms with Crippen molar-refractivity contribution < 1.29 is 4.43 Å². The molecule has 0 aliphatic heterocycles. The van der Waals surface area contributed by atoms with Crippen LogP contribution in [0.5, 0.6) is 0 Å². The minimum Gasteiger partial charge on any atom is -0.417 e. The van der Waals surface area contributed by atoms with Gasteiger partial charge < -0.3 is 4.43 Å². The summed E-state index contributed by atoms with van der Waals surface area (Å²) >= 11 is 0. The molecule has 0 heterocycles. The second-order valence-corrected chi connectivity index (χ2v) is 7.29. The van der Waals surface area contributed by atoms with E-state index in [0.717, 1.165) is 12.7 Å². The maximum Gasteiger partial charge on any atom is 0.195 e. The van der Waals surface area contributed by atoms with Gasteiger partial charge in [0.05, 0.1) is 0 Å². The van der Waals surface area contributed by atoms with Gasteiger partial charge in [-0.2, -0.15) is 0 Å². The van der Waals surface area contributed by atoms with Gasteiger partial charge in [-0.25, -0.2) is 0 Å². The maximum atomic E-state index is 5.84. The monoisotopic (exact) mass is 172 g/mol. The summed E-state index contributed by atoms with van der Waals surface area (Å²) in [5.74, 6) is 0. The Morgan fingerprint density at radius 1 is 1.27 bits per heavy atom. The van der Waals surface area contributed by atoms with Crippen molar-refractivity contribution in [1.82, 2.24) is 0 Å². The van der Waals surface area contributed by atoms with E-state index in [1.54, 1.807) is 0 Å². The predicted molar refractivity (Wildman–Crippen MR) is 53.3 cm³/mol. The van der Waals surface area contributed by atoms with Crippen molar-refractivity contribution >= 4 is 8.32 Å². The van der Waals surface area contributed by atoms with Crippen molar-refractivity contribution in [2.45, 2.75) is 38.9 Å². The zero-order chi connectivity index (χ0) is 8.74. The van der Waals surface area contributed by atoms with Gasteiger partial charge in [0.25, 0.3) is 0 Å². The van der Waals surface area contributed by atoms with E-state index in [1.807, 2.05) is 6.08 Å². The highest BCUT2D eigenvalue weighted by Gasteiger charge is 2.28. The van der Waals surface area contributed by atoms with Crippen LogP contribution in [0.3, 0.4) is 0 Å². The highest BCUT2D eigenvalue weighted by atomic mass is 28.4. The maximum absolute atomic E-state index is 5.84. The Bertz CT molecular complexity index is 108. The molecular formula is C9H20OSi. The van der Waals surface area contributed by atoms with Gasteiger partial charge >= 0.3 is 0 Å². The summed E-state index contributed by atoms with van der Waals surface area (Å²) in [6, 6.07) is 3.53. The van der Waals surface area contributed by atoms with Gasteiger partial charge in [0.2, 0.25) is 0 Å². The Kier molecular flexibility index (Phi) is 5.51. The largest absolute Gasteiger partial charge is 0.417 e. The van der Waals surface area contributed by atoms with Crippen LogP contribution in [0.1, 0.15) is 20.8 Å². The summed E-state index contributed by atoms with van der Waals surface area (Å²) in [5.41, 5.74) is 0. The van der Waals surface area contributed by atoms with Crippen LogP contribution in [0, 0.1) is 0 Å². The number of allylic oxidation sites excluding steroid dienone is 1. The quantitative estimate of drug-likeness (QED) is 0.441. The molecule has 0 bridgehead atoms. The molecule has 1 nitrogen and oxygen atoms in total. The summed E-state index contributed by atoms with van der Waals surface area (Å²) < 4.78 is 5.84. The lowest BCUT2D eigenvalue weighted by Crippen LogP contribution is -2.35. The first-order chi connectivity index (χ1) is 5.24. The third-order valence-electron chi connectivity index (χ3n) is 2.26.